The highest BCUT2D eigenvalue weighted by Crippen LogP contribution is 2.32. The molecule has 0 spiro atoms. The minimum Gasteiger partial charge on any atom is -0.339 e. The number of piperazine rings is 1. The highest BCUT2D eigenvalue weighted by molar-refractivity contribution is 7.10. The molecular formula is C24H29N5O3S. The summed E-state index contributed by atoms with van der Waals surface area (Å²) < 4.78 is 0. The molecule has 4 heterocycles. The summed E-state index contributed by atoms with van der Waals surface area (Å²) in [6.45, 7) is 3.41. The molecule has 8 nitrogen and oxygen atoms in total. The number of nitrogens with zero attached hydrogens (tertiary/aromatic N) is 4. The summed E-state index contributed by atoms with van der Waals surface area (Å²) in [5.74, 6) is -0.369. The third kappa shape index (κ3) is 4.40. The Morgan fingerprint density at radius 1 is 1.00 bits per heavy atom. The van der Waals surface area contributed by atoms with E-state index in [1.54, 1.807) is 16.3 Å². The highest BCUT2D eigenvalue weighted by atomic mass is 32.1. The molecule has 1 aromatic carbocycles. The maximum atomic E-state index is 13.6. The first kappa shape index (κ1) is 22.1. The van der Waals surface area contributed by atoms with E-state index in [4.69, 9.17) is 0 Å². The van der Waals surface area contributed by atoms with Gasteiger partial charge in [0.05, 0.1) is 30.0 Å². The Labute approximate surface area is 197 Å². The summed E-state index contributed by atoms with van der Waals surface area (Å²) in [6.07, 6.45) is 0.421. The van der Waals surface area contributed by atoms with E-state index in [1.807, 2.05) is 64.7 Å². The van der Waals surface area contributed by atoms with Crippen LogP contribution in [-0.4, -0.2) is 84.8 Å². The van der Waals surface area contributed by atoms with Gasteiger partial charge in [-0.05, 0) is 30.6 Å². The lowest BCUT2D eigenvalue weighted by Crippen LogP contribution is -2.59. The number of hydrogen-bond acceptors (Lipinski definition) is 6. The molecule has 0 saturated carbocycles. The van der Waals surface area contributed by atoms with Crippen LogP contribution in [0.4, 0.5) is 5.69 Å². The zero-order chi connectivity index (χ0) is 22.9. The number of carbonyl (C=O) groups excluding carboxylic acids is 3. The maximum absolute atomic E-state index is 13.6. The first-order valence-electron chi connectivity index (χ1n) is 11.4. The Kier molecular flexibility index (Phi) is 6.18. The van der Waals surface area contributed by atoms with E-state index in [-0.39, 0.29) is 35.6 Å². The number of rotatable bonds is 4. The van der Waals surface area contributed by atoms with Crippen LogP contribution in [0.5, 0.6) is 0 Å². The zero-order valence-corrected chi connectivity index (χ0v) is 19.5. The fourth-order valence-electron chi connectivity index (χ4n) is 5.14. The predicted octanol–water partition coefficient (Wildman–Crippen LogP) is 1.06. The van der Waals surface area contributed by atoms with E-state index < -0.39 is 0 Å². The Hall–Kier alpha value is -2.75. The quantitative estimate of drug-likeness (QED) is 0.728. The van der Waals surface area contributed by atoms with E-state index in [2.05, 4.69) is 10.3 Å². The number of anilines is 1. The summed E-state index contributed by atoms with van der Waals surface area (Å²) in [5, 5.41) is 3.59. The van der Waals surface area contributed by atoms with Crippen LogP contribution in [0.3, 0.4) is 0 Å². The van der Waals surface area contributed by atoms with Crippen LogP contribution in [0.25, 0.3) is 0 Å². The number of piperidine rings is 1. The van der Waals surface area contributed by atoms with Crippen molar-refractivity contribution in [2.45, 2.75) is 12.5 Å². The maximum Gasteiger partial charge on any atom is 0.247 e. The van der Waals surface area contributed by atoms with Gasteiger partial charge in [0.15, 0.2) is 0 Å². The monoisotopic (exact) mass is 467 g/mol. The molecule has 3 atom stereocenters. The molecule has 0 radical (unpaired) electrons. The molecule has 174 valence electrons. The third-order valence-corrected chi connectivity index (χ3v) is 7.76. The summed E-state index contributed by atoms with van der Waals surface area (Å²) in [7, 11) is 1.97. The average molecular weight is 468 g/mol. The number of amides is 3. The van der Waals surface area contributed by atoms with Gasteiger partial charge in [-0.25, -0.2) is 10.4 Å². The van der Waals surface area contributed by atoms with Crippen molar-refractivity contribution < 1.29 is 14.4 Å². The Balaban J connectivity index is 1.24. The first-order chi connectivity index (χ1) is 16.0. The SMILES string of the molecule is CN1CC(C(=O)N2CCN(C(=O)Cc3cccs3)CC2)C2NN(c3ccccc3)C(=O)C2C1. The molecule has 2 aromatic rings. The number of carbonyl (C=O) groups is 3. The summed E-state index contributed by atoms with van der Waals surface area (Å²) in [6, 6.07) is 13.2. The van der Waals surface area contributed by atoms with Crippen LogP contribution >= 0.6 is 11.3 Å². The van der Waals surface area contributed by atoms with Crippen LogP contribution in [0.1, 0.15) is 4.88 Å². The summed E-state index contributed by atoms with van der Waals surface area (Å²) in [5.41, 5.74) is 4.14. The lowest BCUT2D eigenvalue weighted by molar-refractivity contribution is -0.144. The van der Waals surface area contributed by atoms with Gasteiger partial charge in [0, 0.05) is 44.1 Å². The van der Waals surface area contributed by atoms with Gasteiger partial charge in [-0.3, -0.25) is 14.4 Å². The fraction of sp³-hybridized carbons (Fsp3) is 0.458. The lowest BCUT2D eigenvalue weighted by atomic mass is 9.84. The Bertz CT molecular complexity index is 1010. The standard InChI is InChI=1S/C24H29N5O3S/c1-26-15-19(22-20(16-26)24(32)29(25-22)17-6-3-2-4-7-17)23(31)28-11-9-27(10-12-28)21(30)14-18-8-5-13-33-18/h2-8,13,19-20,22,25H,9-12,14-16H2,1H3. The normalized spacial score (nSPS) is 25.9. The molecule has 0 bridgehead atoms. The van der Waals surface area contributed by atoms with E-state index in [0.29, 0.717) is 45.7 Å². The zero-order valence-electron chi connectivity index (χ0n) is 18.7. The number of hydrazine groups is 1. The summed E-state index contributed by atoms with van der Waals surface area (Å²) in [4.78, 5) is 46.2. The second kappa shape index (κ2) is 9.24. The van der Waals surface area contributed by atoms with Crippen molar-refractivity contribution in [3.05, 3.63) is 52.7 Å². The number of likely N-dealkylation sites (tertiary alicyclic amines) is 1. The van der Waals surface area contributed by atoms with Gasteiger partial charge in [-0.1, -0.05) is 24.3 Å². The number of nitrogens with one attached hydrogen (secondary N) is 1. The van der Waals surface area contributed by atoms with Crippen molar-refractivity contribution in [3.8, 4) is 0 Å². The van der Waals surface area contributed by atoms with Crippen LogP contribution in [0.15, 0.2) is 47.8 Å². The lowest BCUT2D eigenvalue weighted by Gasteiger charge is -2.41. The number of para-hydroxylation sites is 1. The van der Waals surface area contributed by atoms with Gasteiger partial charge in [-0.15, -0.1) is 11.3 Å². The molecule has 3 aliphatic heterocycles. The van der Waals surface area contributed by atoms with Gasteiger partial charge in [0.1, 0.15) is 0 Å². The van der Waals surface area contributed by atoms with Crippen molar-refractivity contribution in [2.75, 3.05) is 51.3 Å². The average Bonchev–Trinajstić information content (AvgIpc) is 3.47. The van der Waals surface area contributed by atoms with Crippen LogP contribution < -0.4 is 10.4 Å². The molecule has 3 amide bonds. The molecule has 5 rings (SSSR count). The third-order valence-electron chi connectivity index (χ3n) is 6.88. The second-order valence-corrected chi connectivity index (χ2v) is 10.1. The van der Waals surface area contributed by atoms with Crippen LogP contribution in [0, 0.1) is 11.8 Å². The molecule has 1 N–H and O–H groups in total. The topological polar surface area (TPSA) is 76.2 Å². The molecule has 3 unspecified atom stereocenters. The van der Waals surface area contributed by atoms with Crippen molar-refractivity contribution in [1.82, 2.24) is 20.1 Å². The molecular weight excluding hydrogens is 438 g/mol. The van der Waals surface area contributed by atoms with Gasteiger partial charge < -0.3 is 14.7 Å². The summed E-state index contributed by atoms with van der Waals surface area (Å²) >= 11 is 1.59. The van der Waals surface area contributed by atoms with Crippen molar-refractivity contribution >= 4 is 34.7 Å². The number of fused-ring (bicyclic) bond motifs is 1. The molecule has 3 aliphatic rings. The van der Waals surface area contributed by atoms with Crippen LogP contribution in [-0.2, 0) is 20.8 Å². The number of benzene rings is 1. The smallest absolute Gasteiger partial charge is 0.247 e. The van der Waals surface area contributed by atoms with Gasteiger partial charge in [0.25, 0.3) is 0 Å². The molecule has 3 saturated heterocycles. The van der Waals surface area contributed by atoms with Gasteiger partial charge >= 0.3 is 0 Å². The van der Waals surface area contributed by atoms with Crippen molar-refractivity contribution in [1.29, 1.82) is 0 Å². The second-order valence-electron chi connectivity index (χ2n) is 9.06. The first-order valence-corrected chi connectivity index (χ1v) is 12.3. The molecule has 0 aliphatic carbocycles. The molecule has 1 aromatic heterocycles. The minimum atomic E-state index is -0.306. The molecule has 3 fully saturated rings. The van der Waals surface area contributed by atoms with E-state index in [1.165, 1.54) is 0 Å². The predicted molar refractivity (Wildman–Crippen MR) is 127 cm³/mol. The van der Waals surface area contributed by atoms with Gasteiger partial charge in [-0.2, -0.15) is 0 Å². The van der Waals surface area contributed by atoms with Gasteiger partial charge in [0.2, 0.25) is 17.7 Å². The highest BCUT2D eigenvalue weighted by Gasteiger charge is 2.51. The van der Waals surface area contributed by atoms with E-state index >= 15 is 0 Å². The largest absolute Gasteiger partial charge is 0.339 e. The van der Waals surface area contributed by atoms with Crippen molar-refractivity contribution in [2.24, 2.45) is 11.8 Å². The fourth-order valence-corrected chi connectivity index (χ4v) is 5.83. The Morgan fingerprint density at radius 2 is 1.73 bits per heavy atom. The number of hydrogen-bond donors (Lipinski definition) is 1. The van der Waals surface area contributed by atoms with E-state index in [0.717, 1.165) is 10.6 Å². The minimum absolute atomic E-state index is 0.0135. The molecule has 33 heavy (non-hydrogen) atoms. The Morgan fingerprint density at radius 3 is 2.42 bits per heavy atom. The molecule has 9 heteroatoms. The number of thiophene rings is 1. The van der Waals surface area contributed by atoms with Crippen LogP contribution in [0.2, 0.25) is 0 Å². The van der Waals surface area contributed by atoms with E-state index in [9.17, 15) is 14.4 Å². The van der Waals surface area contributed by atoms with Crippen molar-refractivity contribution in [3.63, 3.8) is 0 Å².